The number of nitrogens with one attached hydrogen (secondary N) is 3. The van der Waals surface area contributed by atoms with E-state index in [4.69, 9.17) is 22.0 Å². The number of hydrogen-bond donors (Lipinski definition) is 5. The minimum Gasteiger partial charge on any atom is -0.386 e. The van der Waals surface area contributed by atoms with Gasteiger partial charge < -0.3 is 21.7 Å². The van der Waals surface area contributed by atoms with Gasteiger partial charge in [0.05, 0.1) is 17.1 Å². The summed E-state index contributed by atoms with van der Waals surface area (Å²) in [7, 11) is 0. The van der Waals surface area contributed by atoms with Gasteiger partial charge in [-0.1, -0.05) is 36.0 Å². The number of hydrogen-bond acceptors (Lipinski definition) is 6. The minimum atomic E-state index is -0.890. The maximum Gasteiger partial charge on any atom is 0.133 e. The van der Waals surface area contributed by atoms with Gasteiger partial charge in [-0.25, -0.2) is 0 Å². The Morgan fingerprint density at radius 3 is 2.33 bits per heavy atom. The van der Waals surface area contributed by atoms with Crippen molar-refractivity contribution in [3.05, 3.63) is 57.0 Å². The highest BCUT2D eigenvalue weighted by atomic mass is 32.2. The average molecular weight is 384 g/mol. The smallest absolute Gasteiger partial charge is 0.133 e. The molecular formula is C20H25N5OS. The summed E-state index contributed by atoms with van der Waals surface area (Å²) in [5.41, 5.74) is 9.16. The summed E-state index contributed by atoms with van der Waals surface area (Å²) in [6, 6.07) is 7.52. The topological polar surface area (TPSA) is 130 Å². The van der Waals surface area contributed by atoms with Crippen LogP contribution in [0.5, 0.6) is 0 Å². The van der Waals surface area contributed by atoms with Gasteiger partial charge >= 0.3 is 0 Å². The van der Waals surface area contributed by atoms with E-state index in [1.807, 2.05) is 24.3 Å². The number of aliphatic imine (C=N–C) groups is 1. The predicted molar refractivity (Wildman–Crippen MR) is 114 cm³/mol. The van der Waals surface area contributed by atoms with E-state index in [2.05, 4.69) is 4.99 Å². The molecule has 1 aliphatic rings. The van der Waals surface area contributed by atoms with Crippen molar-refractivity contribution in [3.8, 4) is 0 Å². The number of amidine groups is 1. The number of benzene rings is 1. The molecule has 0 spiro atoms. The van der Waals surface area contributed by atoms with E-state index in [0.29, 0.717) is 33.9 Å². The predicted octanol–water partition coefficient (Wildman–Crippen LogP) is 3.76. The van der Waals surface area contributed by atoms with Gasteiger partial charge in [0.1, 0.15) is 10.9 Å². The Balaban J connectivity index is 2.30. The van der Waals surface area contributed by atoms with Crippen molar-refractivity contribution in [1.29, 1.82) is 16.2 Å². The Morgan fingerprint density at radius 1 is 1.26 bits per heavy atom. The van der Waals surface area contributed by atoms with Crippen molar-refractivity contribution >= 4 is 34.6 Å². The first-order chi connectivity index (χ1) is 12.6. The van der Waals surface area contributed by atoms with Gasteiger partial charge in [-0.15, -0.1) is 0 Å². The summed E-state index contributed by atoms with van der Waals surface area (Å²) in [5, 5.41) is 34.0. The second-order valence-corrected chi connectivity index (χ2v) is 7.92. The zero-order valence-electron chi connectivity index (χ0n) is 16.0. The molecule has 0 amide bonds. The number of allylic oxidation sites excluding steroid dienone is 2. The van der Waals surface area contributed by atoms with Crippen molar-refractivity contribution < 1.29 is 5.11 Å². The van der Waals surface area contributed by atoms with Crippen molar-refractivity contribution in [1.82, 2.24) is 0 Å². The SMILES string of the molecule is CC(=N)/C(C)=C1\C(=N)SC(C(N)=NCc2ccc(C(C)(C)O)cc2)=C1C=N. The monoisotopic (exact) mass is 383 g/mol. The highest BCUT2D eigenvalue weighted by molar-refractivity contribution is 8.18. The highest BCUT2D eigenvalue weighted by Gasteiger charge is 2.28. The molecule has 1 heterocycles. The fourth-order valence-electron chi connectivity index (χ4n) is 2.60. The van der Waals surface area contributed by atoms with Gasteiger partial charge in [-0.2, -0.15) is 0 Å². The van der Waals surface area contributed by atoms with Crippen LogP contribution in [0.15, 0.2) is 50.9 Å². The van der Waals surface area contributed by atoms with Gasteiger partial charge in [0.15, 0.2) is 0 Å². The molecule has 1 aromatic carbocycles. The van der Waals surface area contributed by atoms with Crippen LogP contribution in [-0.4, -0.2) is 27.9 Å². The Hall–Kier alpha value is -2.51. The molecule has 0 saturated carbocycles. The Labute approximate surface area is 163 Å². The molecule has 2 rings (SSSR count). The zero-order valence-corrected chi connectivity index (χ0v) is 16.8. The van der Waals surface area contributed by atoms with Crippen LogP contribution in [0.4, 0.5) is 0 Å². The summed E-state index contributed by atoms with van der Waals surface area (Å²) >= 11 is 1.17. The molecular weight excluding hydrogens is 358 g/mol. The van der Waals surface area contributed by atoms with Crippen molar-refractivity contribution in [2.45, 2.75) is 39.8 Å². The van der Waals surface area contributed by atoms with E-state index >= 15 is 0 Å². The molecule has 7 heteroatoms. The molecule has 0 unspecified atom stereocenters. The van der Waals surface area contributed by atoms with E-state index in [1.54, 1.807) is 27.7 Å². The van der Waals surface area contributed by atoms with Gasteiger partial charge in [-0.05, 0) is 44.4 Å². The Morgan fingerprint density at radius 2 is 1.85 bits per heavy atom. The van der Waals surface area contributed by atoms with E-state index in [-0.39, 0.29) is 10.9 Å². The van der Waals surface area contributed by atoms with Crippen molar-refractivity contribution in [2.75, 3.05) is 0 Å². The van der Waals surface area contributed by atoms with E-state index < -0.39 is 5.60 Å². The van der Waals surface area contributed by atoms with Crippen molar-refractivity contribution in [3.63, 3.8) is 0 Å². The normalized spacial score (nSPS) is 17.4. The molecule has 1 aliphatic heterocycles. The molecule has 27 heavy (non-hydrogen) atoms. The summed E-state index contributed by atoms with van der Waals surface area (Å²) in [6.45, 7) is 7.27. The van der Waals surface area contributed by atoms with Crippen LogP contribution in [-0.2, 0) is 12.1 Å². The van der Waals surface area contributed by atoms with Crippen LogP contribution in [0.2, 0.25) is 0 Å². The van der Waals surface area contributed by atoms with Crippen LogP contribution in [0.25, 0.3) is 0 Å². The molecule has 0 radical (unpaired) electrons. The van der Waals surface area contributed by atoms with Gasteiger partial charge in [0.2, 0.25) is 0 Å². The molecule has 1 aromatic rings. The lowest BCUT2D eigenvalue weighted by molar-refractivity contribution is 0.0786. The third-order valence-electron chi connectivity index (χ3n) is 4.35. The number of rotatable bonds is 6. The first-order valence-electron chi connectivity index (χ1n) is 8.46. The quantitative estimate of drug-likeness (QED) is 0.379. The second kappa shape index (κ2) is 8.02. The number of thioether (sulfide) groups is 1. The second-order valence-electron chi connectivity index (χ2n) is 6.90. The molecule has 0 saturated heterocycles. The molecule has 6 N–H and O–H groups in total. The molecule has 142 valence electrons. The van der Waals surface area contributed by atoms with Crippen LogP contribution in [0.3, 0.4) is 0 Å². The largest absolute Gasteiger partial charge is 0.386 e. The first-order valence-corrected chi connectivity index (χ1v) is 9.28. The summed E-state index contributed by atoms with van der Waals surface area (Å²) < 4.78 is 0. The maximum atomic E-state index is 10.0. The number of nitrogens with two attached hydrogens (primary N) is 1. The first kappa shape index (κ1) is 20.8. The molecule has 0 aliphatic carbocycles. The summed E-state index contributed by atoms with van der Waals surface area (Å²) in [5.74, 6) is 0.278. The van der Waals surface area contributed by atoms with Gasteiger partial charge in [-0.3, -0.25) is 10.4 Å². The number of aliphatic hydroxyl groups is 1. The van der Waals surface area contributed by atoms with Crippen LogP contribution < -0.4 is 5.73 Å². The zero-order chi connectivity index (χ0) is 20.4. The Bertz CT molecular complexity index is 886. The van der Waals surface area contributed by atoms with E-state index in [1.165, 1.54) is 18.0 Å². The van der Waals surface area contributed by atoms with E-state index in [9.17, 15) is 5.11 Å². The minimum absolute atomic E-state index is 0.278. The highest BCUT2D eigenvalue weighted by Crippen LogP contribution is 2.38. The van der Waals surface area contributed by atoms with Gasteiger partial charge in [0.25, 0.3) is 0 Å². The third-order valence-corrected chi connectivity index (χ3v) is 5.39. The molecule has 6 nitrogen and oxygen atoms in total. The lowest BCUT2D eigenvalue weighted by Crippen LogP contribution is -2.15. The van der Waals surface area contributed by atoms with Crippen molar-refractivity contribution in [2.24, 2.45) is 10.7 Å². The molecule has 0 aromatic heterocycles. The molecule has 0 bridgehead atoms. The fourth-order valence-corrected chi connectivity index (χ4v) is 3.61. The molecule has 0 fully saturated rings. The lowest BCUT2D eigenvalue weighted by atomic mass is 9.97. The maximum absolute atomic E-state index is 10.0. The average Bonchev–Trinajstić information content (AvgIpc) is 2.94. The number of nitrogens with zero attached hydrogens (tertiary/aromatic N) is 1. The van der Waals surface area contributed by atoms with E-state index in [0.717, 1.165) is 11.1 Å². The van der Waals surface area contributed by atoms with Crippen LogP contribution in [0.1, 0.15) is 38.8 Å². The summed E-state index contributed by atoms with van der Waals surface area (Å²) in [6.07, 6.45) is 1.17. The lowest BCUT2D eigenvalue weighted by Gasteiger charge is -2.17. The van der Waals surface area contributed by atoms with Gasteiger partial charge in [0, 0.05) is 23.1 Å². The fraction of sp³-hybridized carbons (Fsp3) is 0.300. The third kappa shape index (κ3) is 4.61. The Kier molecular flexibility index (Phi) is 6.18. The van der Waals surface area contributed by atoms with Crippen LogP contribution in [0, 0.1) is 16.2 Å². The standard InChI is InChI=1S/C20H25N5OS/c1-11(12(2)22)16-15(9-21)17(27-19(16)24)18(23)25-10-13-5-7-14(8-6-13)20(3,4)26/h5-9,21-22,24,26H,10H2,1-4H3,(H2,23,25)/b16-11-,21-9?,22-12?,24-19?. The van der Waals surface area contributed by atoms with Crippen LogP contribution >= 0.6 is 11.8 Å². The summed E-state index contributed by atoms with van der Waals surface area (Å²) in [4.78, 5) is 5.00. The molecule has 0 atom stereocenters.